The zero-order valence-electron chi connectivity index (χ0n) is 21.9. The molecule has 1 spiro atoms. The molecule has 2 aliphatic heterocycles. The van der Waals surface area contributed by atoms with E-state index in [1.807, 2.05) is 18.0 Å². The van der Waals surface area contributed by atoms with Gasteiger partial charge in [-0.15, -0.1) is 0 Å². The van der Waals surface area contributed by atoms with Gasteiger partial charge in [0.25, 0.3) is 0 Å². The highest BCUT2D eigenvalue weighted by Crippen LogP contribution is 2.66. The summed E-state index contributed by atoms with van der Waals surface area (Å²) in [7, 11) is 1.90. The number of likely N-dealkylation sites (tertiary alicyclic amines) is 1. The van der Waals surface area contributed by atoms with E-state index in [2.05, 4.69) is 36.1 Å². The van der Waals surface area contributed by atoms with Crippen molar-refractivity contribution in [3.8, 4) is 11.5 Å². The number of aliphatic hydroxyl groups is 1. The number of phenols is 1. The first-order chi connectivity index (χ1) is 17.8. The van der Waals surface area contributed by atoms with Crippen LogP contribution in [0.3, 0.4) is 0 Å². The van der Waals surface area contributed by atoms with E-state index in [9.17, 15) is 15.0 Å². The zero-order chi connectivity index (χ0) is 25.5. The number of piperidine rings is 1. The lowest BCUT2D eigenvalue weighted by atomic mass is 9.48. The first-order valence-corrected chi connectivity index (χ1v) is 14.1. The fourth-order valence-corrected chi connectivity index (χ4v) is 8.22. The predicted octanol–water partition coefficient (Wildman–Crippen LogP) is 3.72. The Balaban J connectivity index is 1.21. The molecule has 0 radical (unpaired) electrons. The monoisotopic (exact) mass is 502 g/mol. The molecule has 2 saturated carbocycles. The van der Waals surface area contributed by atoms with E-state index >= 15 is 0 Å². The number of likely N-dealkylation sites (N-methyl/N-ethyl adjacent to an activating group) is 1. The van der Waals surface area contributed by atoms with Crippen molar-refractivity contribution in [2.45, 2.75) is 87.5 Å². The second-order valence-electron chi connectivity index (χ2n) is 12.4. The highest BCUT2D eigenvalue weighted by molar-refractivity contribution is 5.77. The Hall–Kier alpha value is -2.57. The molecule has 6 nitrogen and oxygen atoms in total. The number of benzene rings is 2. The number of aryl methyl sites for hydroxylation is 2. The summed E-state index contributed by atoms with van der Waals surface area (Å²) in [6, 6.07) is 12.1. The summed E-state index contributed by atoms with van der Waals surface area (Å²) in [5.41, 5.74) is 3.09. The minimum absolute atomic E-state index is 0.0550. The molecule has 196 valence electrons. The second-order valence-corrected chi connectivity index (χ2v) is 12.4. The molecule has 1 amide bonds. The molecule has 2 heterocycles. The number of carbonyl (C=O) groups is 1. The number of carbonyl (C=O) groups excluding carboxylic acids is 1. The molecule has 6 heteroatoms. The maximum Gasteiger partial charge on any atom is 0.223 e. The fourth-order valence-electron chi connectivity index (χ4n) is 8.22. The van der Waals surface area contributed by atoms with Crippen LogP contribution in [0.4, 0.5) is 0 Å². The van der Waals surface area contributed by atoms with Crippen LogP contribution in [0.1, 0.15) is 60.8 Å². The van der Waals surface area contributed by atoms with Crippen molar-refractivity contribution in [2.24, 2.45) is 5.92 Å². The normalized spacial score (nSPS) is 33.5. The summed E-state index contributed by atoms with van der Waals surface area (Å²) in [5.74, 6) is 1.56. The minimum atomic E-state index is -0.918. The molecule has 5 aliphatic rings. The van der Waals surface area contributed by atoms with E-state index in [-0.39, 0.29) is 29.8 Å². The third-order valence-electron chi connectivity index (χ3n) is 10.4. The summed E-state index contributed by atoms with van der Waals surface area (Å²) in [4.78, 5) is 17.9. The molecular formula is C31H38N2O4. The van der Waals surface area contributed by atoms with Crippen molar-refractivity contribution in [1.82, 2.24) is 9.80 Å². The SMILES string of the molecule is Cc1ccc(CCC(=O)N(C)C2CC[C@@]3(O)[C@H]4Cc5ccc(O)c6c5[C@@]3(CCN4CC3CC3)C2O6)cc1. The molecule has 5 atom stereocenters. The number of hydrogen-bond donors (Lipinski definition) is 2. The van der Waals surface area contributed by atoms with Crippen LogP contribution in [0.15, 0.2) is 36.4 Å². The molecule has 3 aliphatic carbocycles. The van der Waals surface area contributed by atoms with Gasteiger partial charge in [0.2, 0.25) is 5.91 Å². The van der Waals surface area contributed by atoms with Gasteiger partial charge in [0.1, 0.15) is 6.10 Å². The molecule has 1 saturated heterocycles. The molecule has 2 N–H and O–H groups in total. The van der Waals surface area contributed by atoms with Crippen molar-refractivity contribution in [3.05, 3.63) is 58.7 Å². The van der Waals surface area contributed by atoms with Gasteiger partial charge in [-0.1, -0.05) is 35.9 Å². The highest BCUT2D eigenvalue weighted by atomic mass is 16.5. The Morgan fingerprint density at radius 1 is 1.14 bits per heavy atom. The lowest BCUT2D eigenvalue weighted by Crippen LogP contribution is -2.78. The van der Waals surface area contributed by atoms with Crippen molar-refractivity contribution in [1.29, 1.82) is 0 Å². The highest BCUT2D eigenvalue weighted by Gasteiger charge is 2.73. The first-order valence-electron chi connectivity index (χ1n) is 14.1. The molecule has 2 unspecified atom stereocenters. The van der Waals surface area contributed by atoms with Gasteiger partial charge in [-0.05, 0) is 81.5 Å². The molecule has 2 aromatic carbocycles. The van der Waals surface area contributed by atoms with Crippen LogP contribution in [-0.2, 0) is 23.1 Å². The minimum Gasteiger partial charge on any atom is -0.504 e. The third-order valence-corrected chi connectivity index (χ3v) is 10.4. The summed E-state index contributed by atoms with van der Waals surface area (Å²) < 4.78 is 6.64. The van der Waals surface area contributed by atoms with Crippen LogP contribution < -0.4 is 4.74 Å². The molecule has 37 heavy (non-hydrogen) atoms. The van der Waals surface area contributed by atoms with E-state index in [0.29, 0.717) is 31.4 Å². The lowest BCUT2D eigenvalue weighted by molar-refractivity contribution is -0.200. The Morgan fingerprint density at radius 3 is 2.68 bits per heavy atom. The maximum atomic E-state index is 13.5. The van der Waals surface area contributed by atoms with Crippen LogP contribution >= 0.6 is 0 Å². The number of amides is 1. The Labute approximate surface area is 219 Å². The smallest absolute Gasteiger partial charge is 0.223 e. The van der Waals surface area contributed by atoms with Crippen LogP contribution in [0, 0.1) is 12.8 Å². The Bertz CT molecular complexity index is 1240. The summed E-state index contributed by atoms with van der Waals surface area (Å²) in [5, 5.41) is 23.4. The van der Waals surface area contributed by atoms with E-state index in [0.717, 1.165) is 37.4 Å². The maximum absolute atomic E-state index is 13.5. The van der Waals surface area contributed by atoms with Crippen LogP contribution in [0.5, 0.6) is 11.5 Å². The van der Waals surface area contributed by atoms with Crippen LogP contribution in [0.2, 0.25) is 0 Å². The number of rotatable bonds is 6. The van der Waals surface area contributed by atoms with Gasteiger partial charge in [0.05, 0.1) is 17.1 Å². The summed E-state index contributed by atoms with van der Waals surface area (Å²) in [6.07, 6.45) is 6.33. The number of nitrogens with zero attached hydrogens (tertiary/aromatic N) is 2. The average molecular weight is 503 g/mol. The summed E-state index contributed by atoms with van der Waals surface area (Å²) in [6.45, 7) is 4.06. The second kappa shape index (κ2) is 8.21. The quantitative estimate of drug-likeness (QED) is 0.630. The molecular weight excluding hydrogens is 464 g/mol. The van der Waals surface area contributed by atoms with Gasteiger partial charge < -0.3 is 19.8 Å². The molecule has 2 bridgehead atoms. The van der Waals surface area contributed by atoms with Crippen LogP contribution in [0.25, 0.3) is 0 Å². The molecule has 0 aromatic heterocycles. The number of ether oxygens (including phenoxy) is 1. The number of hydrogen-bond acceptors (Lipinski definition) is 5. The Morgan fingerprint density at radius 2 is 1.92 bits per heavy atom. The topological polar surface area (TPSA) is 73.2 Å². The van der Waals surface area contributed by atoms with Gasteiger partial charge in [-0.3, -0.25) is 9.69 Å². The van der Waals surface area contributed by atoms with Crippen molar-refractivity contribution >= 4 is 5.91 Å². The fraction of sp³-hybridized carbons (Fsp3) is 0.581. The van der Waals surface area contributed by atoms with Gasteiger partial charge in [-0.25, -0.2) is 0 Å². The Kier molecular flexibility index (Phi) is 5.22. The van der Waals surface area contributed by atoms with E-state index in [1.54, 1.807) is 6.07 Å². The molecule has 3 fully saturated rings. The van der Waals surface area contributed by atoms with Crippen LogP contribution in [-0.4, -0.2) is 69.8 Å². The van der Waals surface area contributed by atoms with Crippen molar-refractivity contribution in [2.75, 3.05) is 20.1 Å². The largest absolute Gasteiger partial charge is 0.504 e. The van der Waals surface area contributed by atoms with Gasteiger partial charge in [0, 0.05) is 31.6 Å². The molecule has 2 aromatic rings. The lowest BCUT2D eigenvalue weighted by Gasteiger charge is -2.64. The van der Waals surface area contributed by atoms with Crippen molar-refractivity contribution < 1.29 is 19.7 Å². The van der Waals surface area contributed by atoms with Gasteiger partial charge in [0.15, 0.2) is 11.5 Å². The van der Waals surface area contributed by atoms with Gasteiger partial charge >= 0.3 is 0 Å². The van der Waals surface area contributed by atoms with Gasteiger partial charge in [-0.2, -0.15) is 0 Å². The number of aromatic hydroxyl groups is 1. The van der Waals surface area contributed by atoms with Crippen molar-refractivity contribution in [3.63, 3.8) is 0 Å². The average Bonchev–Trinajstić information content (AvgIpc) is 3.63. The first kappa shape index (κ1) is 23.5. The summed E-state index contributed by atoms with van der Waals surface area (Å²) >= 11 is 0. The zero-order valence-corrected chi connectivity index (χ0v) is 21.9. The predicted molar refractivity (Wildman–Crippen MR) is 141 cm³/mol. The standard InChI is InChI=1S/C31H38N2O4/c1-19-3-5-20(6-4-19)9-12-26(35)32(2)23-13-14-31(36)25-17-22-10-11-24(34)28-27(22)30(31,29(23)37-28)15-16-33(25)18-21-7-8-21/h3-6,10-11,21,23,25,29,34,36H,7-9,12-18H2,1-2H3/t23?,25-,29?,30+,31-/m1/s1. The third kappa shape index (κ3) is 3.34. The molecule has 7 rings (SSSR count). The van der Waals surface area contributed by atoms with E-state index < -0.39 is 11.0 Å². The number of phenolic OH excluding ortho intramolecular Hbond substituents is 1. The van der Waals surface area contributed by atoms with E-state index in [1.165, 1.54) is 29.5 Å². The van der Waals surface area contributed by atoms with E-state index in [4.69, 9.17) is 4.74 Å².